The smallest absolute Gasteiger partial charge is 0.249 e. The molecule has 0 aromatic rings. The molecule has 1 aliphatic rings. The van der Waals surface area contributed by atoms with E-state index in [2.05, 4.69) is 0 Å². The fourth-order valence-electron chi connectivity index (χ4n) is 1.21. The summed E-state index contributed by atoms with van der Waals surface area (Å²) in [6.07, 6.45) is -1.48. The van der Waals surface area contributed by atoms with Gasteiger partial charge in [0.15, 0.2) is 11.9 Å². The van der Waals surface area contributed by atoms with Crippen LogP contribution in [0.3, 0.4) is 0 Å². The van der Waals surface area contributed by atoms with Crippen LogP contribution >= 0.6 is 0 Å². The van der Waals surface area contributed by atoms with Gasteiger partial charge in [0.2, 0.25) is 5.91 Å². The molecule has 1 heterocycles. The quantitative estimate of drug-likeness (QED) is 0.563. The Bertz CT molecular complexity index is 192. The number of ether oxygens (including phenoxy) is 2. The van der Waals surface area contributed by atoms with Crippen LogP contribution in [-0.4, -0.2) is 35.6 Å². The van der Waals surface area contributed by atoms with E-state index in [1.807, 2.05) is 0 Å². The molecular formula is C7H13NO4. The molecule has 2 atom stereocenters. The Balaban J connectivity index is 2.69. The monoisotopic (exact) mass is 175 g/mol. The van der Waals surface area contributed by atoms with Crippen molar-refractivity contribution in [3.05, 3.63) is 0 Å². The SMILES string of the molecule is CC1(C)OC(CO)C(C(N)=O)O1. The number of aliphatic hydroxyl groups excluding tert-OH is 1. The molecule has 1 aliphatic heterocycles. The highest BCUT2D eigenvalue weighted by molar-refractivity contribution is 5.79. The van der Waals surface area contributed by atoms with Gasteiger partial charge in [0.25, 0.3) is 0 Å². The van der Waals surface area contributed by atoms with E-state index in [1.54, 1.807) is 13.8 Å². The van der Waals surface area contributed by atoms with Gasteiger partial charge in [-0.3, -0.25) is 4.79 Å². The van der Waals surface area contributed by atoms with Gasteiger partial charge in [-0.1, -0.05) is 0 Å². The average Bonchev–Trinajstić information content (AvgIpc) is 2.25. The van der Waals surface area contributed by atoms with Gasteiger partial charge in [0, 0.05) is 0 Å². The van der Waals surface area contributed by atoms with Gasteiger partial charge in [-0.05, 0) is 13.8 Å². The second-order valence-electron chi connectivity index (χ2n) is 3.18. The molecule has 12 heavy (non-hydrogen) atoms. The van der Waals surface area contributed by atoms with Gasteiger partial charge in [-0.15, -0.1) is 0 Å². The van der Waals surface area contributed by atoms with Crippen molar-refractivity contribution in [2.24, 2.45) is 5.73 Å². The second kappa shape index (κ2) is 3.01. The normalized spacial score (nSPS) is 33.6. The summed E-state index contributed by atoms with van der Waals surface area (Å²) in [5.74, 6) is -1.45. The maximum Gasteiger partial charge on any atom is 0.249 e. The van der Waals surface area contributed by atoms with Crippen molar-refractivity contribution < 1.29 is 19.4 Å². The standard InChI is InChI=1S/C7H13NO4/c1-7(2)11-4(3-9)5(12-7)6(8)10/h4-5,9H,3H2,1-2H3,(H2,8,10). The Morgan fingerprint density at radius 1 is 1.58 bits per heavy atom. The summed E-state index contributed by atoms with van der Waals surface area (Å²) in [6.45, 7) is 3.06. The molecule has 0 spiro atoms. The molecule has 0 bridgehead atoms. The van der Waals surface area contributed by atoms with E-state index in [9.17, 15) is 4.79 Å². The van der Waals surface area contributed by atoms with Gasteiger partial charge in [0.05, 0.1) is 6.61 Å². The van der Waals surface area contributed by atoms with Crippen molar-refractivity contribution in [3.8, 4) is 0 Å². The highest BCUT2D eigenvalue weighted by atomic mass is 16.8. The topological polar surface area (TPSA) is 81.8 Å². The number of nitrogens with two attached hydrogens (primary N) is 1. The molecule has 1 saturated heterocycles. The molecular weight excluding hydrogens is 162 g/mol. The Kier molecular flexibility index (Phi) is 2.36. The highest BCUT2D eigenvalue weighted by Gasteiger charge is 2.43. The molecule has 0 aromatic heterocycles. The van der Waals surface area contributed by atoms with Gasteiger partial charge < -0.3 is 20.3 Å². The largest absolute Gasteiger partial charge is 0.394 e. The molecule has 3 N–H and O–H groups in total. The fraction of sp³-hybridized carbons (Fsp3) is 0.857. The van der Waals surface area contributed by atoms with Crippen molar-refractivity contribution in [1.29, 1.82) is 0 Å². The van der Waals surface area contributed by atoms with Crippen molar-refractivity contribution in [2.45, 2.75) is 31.8 Å². The third-order valence-corrected chi connectivity index (χ3v) is 1.64. The number of aliphatic hydroxyl groups is 1. The molecule has 1 amide bonds. The van der Waals surface area contributed by atoms with E-state index in [4.69, 9.17) is 20.3 Å². The lowest BCUT2D eigenvalue weighted by Gasteiger charge is -2.15. The van der Waals surface area contributed by atoms with Crippen LogP contribution in [0, 0.1) is 0 Å². The zero-order valence-corrected chi connectivity index (χ0v) is 7.11. The van der Waals surface area contributed by atoms with Crippen LogP contribution in [0.2, 0.25) is 0 Å². The Hall–Kier alpha value is -0.650. The van der Waals surface area contributed by atoms with Gasteiger partial charge in [0.1, 0.15) is 6.10 Å². The lowest BCUT2D eigenvalue weighted by atomic mass is 10.2. The van der Waals surface area contributed by atoms with Crippen LogP contribution in [-0.2, 0) is 14.3 Å². The second-order valence-corrected chi connectivity index (χ2v) is 3.18. The molecule has 2 unspecified atom stereocenters. The Morgan fingerprint density at radius 3 is 2.50 bits per heavy atom. The van der Waals surface area contributed by atoms with E-state index in [0.717, 1.165) is 0 Å². The highest BCUT2D eigenvalue weighted by Crippen LogP contribution is 2.27. The first-order chi connectivity index (χ1) is 5.46. The first-order valence-electron chi connectivity index (χ1n) is 3.72. The lowest BCUT2D eigenvalue weighted by molar-refractivity contribution is -0.155. The summed E-state index contributed by atoms with van der Waals surface area (Å²) < 4.78 is 10.4. The van der Waals surface area contributed by atoms with E-state index in [-0.39, 0.29) is 6.61 Å². The summed E-state index contributed by atoms with van der Waals surface area (Å²) >= 11 is 0. The number of carbonyl (C=O) groups is 1. The minimum atomic E-state index is -0.843. The Morgan fingerprint density at radius 2 is 2.17 bits per heavy atom. The van der Waals surface area contributed by atoms with E-state index < -0.39 is 23.9 Å². The zero-order valence-electron chi connectivity index (χ0n) is 7.11. The minimum absolute atomic E-state index is 0.267. The van der Waals surface area contributed by atoms with E-state index >= 15 is 0 Å². The van der Waals surface area contributed by atoms with Crippen LogP contribution in [0.5, 0.6) is 0 Å². The minimum Gasteiger partial charge on any atom is -0.394 e. The third-order valence-electron chi connectivity index (χ3n) is 1.64. The maximum absolute atomic E-state index is 10.8. The molecule has 5 nitrogen and oxygen atoms in total. The first-order valence-corrected chi connectivity index (χ1v) is 3.72. The average molecular weight is 175 g/mol. The van der Waals surface area contributed by atoms with Gasteiger partial charge in [-0.2, -0.15) is 0 Å². The molecule has 70 valence electrons. The number of primary amides is 1. The summed E-state index contributed by atoms with van der Waals surface area (Å²) in [6, 6.07) is 0. The van der Waals surface area contributed by atoms with Crippen molar-refractivity contribution in [2.75, 3.05) is 6.61 Å². The molecule has 0 radical (unpaired) electrons. The number of hydrogen-bond acceptors (Lipinski definition) is 4. The van der Waals surface area contributed by atoms with Crippen LogP contribution in [0.15, 0.2) is 0 Å². The van der Waals surface area contributed by atoms with E-state index in [1.165, 1.54) is 0 Å². The number of amides is 1. The van der Waals surface area contributed by atoms with Crippen molar-refractivity contribution in [3.63, 3.8) is 0 Å². The predicted molar refractivity (Wildman–Crippen MR) is 40.1 cm³/mol. The van der Waals surface area contributed by atoms with Crippen LogP contribution < -0.4 is 5.73 Å². The molecule has 0 saturated carbocycles. The molecule has 1 rings (SSSR count). The third kappa shape index (κ3) is 1.74. The first kappa shape index (κ1) is 9.44. The summed E-state index contributed by atoms with van der Waals surface area (Å²) in [4.78, 5) is 10.8. The summed E-state index contributed by atoms with van der Waals surface area (Å²) in [7, 11) is 0. The van der Waals surface area contributed by atoms with Crippen LogP contribution in [0.1, 0.15) is 13.8 Å². The number of carbonyl (C=O) groups excluding carboxylic acids is 1. The molecule has 1 fully saturated rings. The fourth-order valence-corrected chi connectivity index (χ4v) is 1.21. The van der Waals surface area contributed by atoms with Gasteiger partial charge in [-0.25, -0.2) is 0 Å². The van der Waals surface area contributed by atoms with Crippen LogP contribution in [0.25, 0.3) is 0 Å². The predicted octanol–water partition coefficient (Wildman–Crippen LogP) is -1.02. The summed E-state index contributed by atoms with van der Waals surface area (Å²) in [5, 5.41) is 8.80. The zero-order chi connectivity index (χ0) is 9.35. The lowest BCUT2D eigenvalue weighted by Crippen LogP contribution is -2.38. The number of rotatable bonds is 2. The molecule has 0 aromatic carbocycles. The summed E-state index contributed by atoms with van der Waals surface area (Å²) in [5.41, 5.74) is 5.03. The molecule has 5 heteroatoms. The number of hydrogen-bond donors (Lipinski definition) is 2. The van der Waals surface area contributed by atoms with Crippen molar-refractivity contribution in [1.82, 2.24) is 0 Å². The van der Waals surface area contributed by atoms with Crippen molar-refractivity contribution >= 4 is 5.91 Å². The van der Waals surface area contributed by atoms with Gasteiger partial charge >= 0.3 is 0 Å². The molecule has 0 aliphatic carbocycles. The Labute approximate surface area is 70.4 Å². The van der Waals surface area contributed by atoms with E-state index in [0.29, 0.717) is 0 Å². The van der Waals surface area contributed by atoms with Crippen LogP contribution in [0.4, 0.5) is 0 Å². The maximum atomic E-state index is 10.8.